The van der Waals surface area contributed by atoms with E-state index in [-0.39, 0.29) is 11.9 Å². The molecule has 0 aliphatic carbocycles. The molecule has 1 aromatic carbocycles. The lowest BCUT2D eigenvalue weighted by molar-refractivity contribution is -0.151. The summed E-state index contributed by atoms with van der Waals surface area (Å²) in [4.78, 5) is 22.8. The van der Waals surface area contributed by atoms with E-state index >= 15 is 0 Å². The number of carbonyl (C=O) groups excluding carboxylic acids is 1. The zero-order chi connectivity index (χ0) is 14.7. The van der Waals surface area contributed by atoms with Crippen LogP contribution in [0.5, 0.6) is 0 Å². The second kappa shape index (κ2) is 6.24. The summed E-state index contributed by atoms with van der Waals surface area (Å²) < 4.78 is 5.21. The number of ether oxygens (including phenoxy) is 1. The lowest BCUT2D eigenvalue weighted by Gasteiger charge is -2.18. The zero-order valence-corrected chi connectivity index (χ0v) is 11.8. The molecule has 108 valence electrons. The van der Waals surface area contributed by atoms with Crippen molar-refractivity contribution in [2.24, 2.45) is 0 Å². The summed E-state index contributed by atoms with van der Waals surface area (Å²) in [5, 5.41) is 12.2. The summed E-state index contributed by atoms with van der Waals surface area (Å²) in [6.07, 6.45) is -0.825. The molecule has 0 spiro atoms. The number of benzene rings is 1. The van der Waals surface area contributed by atoms with Gasteiger partial charge in [-0.3, -0.25) is 4.79 Å². The highest BCUT2D eigenvalue weighted by Gasteiger charge is 2.35. The maximum atomic E-state index is 12.0. The molecule has 1 heterocycles. The Kier molecular flexibility index (Phi) is 4.62. The largest absolute Gasteiger partial charge is 0.479 e. The van der Waals surface area contributed by atoms with Gasteiger partial charge in [0.05, 0.1) is 6.04 Å². The number of amides is 1. The molecule has 1 amide bonds. The van der Waals surface area contributed by atoms with E-state index in [1.54, 1.807) is 6.07 Å². The molecule has 6 heteroatoms. The van der Waals surface area contributed by atoms with Gasteiger partial charge in [0.1, 0.15) is 6.10 Å². The van der Waals surface area contributed by atoms with Gasteiger partial charge in [0, 0.05) is 5.02 Å². The van der Waals surface area contributed by atoms with E-state index in [9.17, 15) is 9.59 Å². The summed E-state index contributed by atoms with van der Waals surface area (Å²) >= 11 is 6.07. The third-order valence-electron chi connectivity index (χ3n) is 3.32. The predicted molar refractivity (Wildman–Crippen MR) is 73.5 cm³/mol. The molecule has 3 atom stereocenters. The van der Waals surface area contributed by atoms with Crippen molar-refractivity contribution in [3.05, 3.63) is 34.9 Å². The van der Waals surface area contributed by atoms with Crippen molar-refractivity contribution in [1.29, 1.82) is 0 Å². The fourth-order valence-electron chi connectivity index (χ4n) is 2.22. The molecule has 1 fully saturated rings. The van der Waals surface area contributed by atoms with Crippen molar-refractivity contribution < 1.29 is 19.4 Å². The summed E-state index contributed by atoms with van der Waals surface area (Å²) in [7, 11) is 0. The Morgan fingerprint density at radius 2 is 2.00 bits per heavy atom. The Hall–Kier alpha value is -1.59. The van der Waals surface area contributed by atoms with E-state index in [1.807, 2.05) is 25.1 Å². The molecule has 20 heavy (non-hydrogen) atoms. The van der Waals surface area contributed by atoms with E-state index in [4.69, 9.17) is 21.4 Å². The average molecular weight is 298 g/mol. The molecule has 2 rings (SSSR count). The number of aliphatic carboxylic acids is 1. The lowest BCUT2D eigenvalue weighted by atomic mass is 10.1. The van der Waals surface area contributed by atoms with Crippen LogP contribution in [0.15, 0.2) is 24.3 Å². The van der Waals surface area contributed by atoms with Crippen molar-refractivity contribution in [1.82, 2.24) is 5.32 Å². The van der Waals surface area contributed by atoms with Gasteiger partial charge in [0.15, 0.2) is 6.10 Å². The first-order chi connectivity index (χ1) is 9.49. The van der Waals surface area contributed by atoms with E-state index in [1.165, 1.54) is 0 Å². The predicted octanol–water partition coefficient (Wildman–Crippen LogP) is 2.15. The van der Waals surface area contributed by atoms with Gasteiger partial charge in [-0.1, -0.05) is 29.8 Å². The van der Waals surface area contributed by atoms with Crippen LogP contribution in [-0.2, 0) is 14.3 Å². The van der Waals surface area contributed by atoms with E-state index < -0.39 is 18.2 Å². The monoisotopic (exact) mass is 297 g/mol. The molecule has 1 aromatic rings. The summed E-state index contributed by atoms with van der Waals surface area (Å²) in [5.74, 6) is -1.33. The maximum absolute atomic E-state index is 12.0. The van der Waals surface area contributed by atoms with Crippen LogP contribution in [0.25, 0.3) is 0 Å². The molecule has 1 unspecified atom stereocenters. The summed E-state index contributed by atoms with van der Waals surface area (Å²) in [6, 6.07) is 6.99. The zero-order valence-electron chi connectivity index (χ0n) is 11.0. The molecule has 1 aliphatic rings. The third-order valence-corrected chi connectivity index (χ3v) is 3.66. The van der Waals surface area contributed by atoms with Crippen LogP contribution in [-0.4, -0.2) is 29.2 Å². The van der Waals surface area contributed by atoms with E-state index in [0.717, 1.165) is 5.56 Å². The van der Waals surface area contributed by atoms with E-state index in [2.05, 4.69) is 5.32 Å². The van der Waals surface area contributed by atoms with Gasteiger partial charge in [-0.05, 0) is 31.4 Å². The minimum Gasteiger partial charge on any atom is -0.479 e. The first-order valence-electron chi connectivity index (χ1n) is 6.42. The number of hydrogen-bond donors (Lipinski definition) is 2. The summed E-state index contributed by atoms with van der Waals surface area (Å²) in [6.45, 7) is 1.82. The Morgan fingerprint density at radius 3 is 2.60 bits per heavy atom. The second-order valence-corrected chi connectivity index (χ2v) is 5.19. The highest BCUT2D eigenvalue weighted by atomic mass is 35.5. The lowest BCUT2D eigenvalue weighted by Crippen LogP contribution is -2.37. The van der Waals surface area contributed by atoms with Gasteiger partial charge in [-0.25, -0.2) is 4.79 Å². The fraction of sp³-hybridized carbons (Fsp3) is 0.429. The highest BCUT2D eigenvalue weighted by molar-refractivity contribution is 6.31. The fourth-order valence-corrected chi connectivity index (χ4v) is 2.52. The van der Waals surface area contributed by atoms with E-state index in [0.29, 0.717) is 17.9 Å². The normalized spacial score (nSPS) is 23.3. The van der Waals surface area contributed by atoms with Crippen LogP contribution >= 0.6 is 11.6 Å². The van der Waals surface area contributed by atoms with Crippen LogP contribution in [0.1, 0.15) is 31.4 Å². The molecule has 2 N–H and O–H groups in total. The Morgan fingerprint density at radius 1 is 1.35 bits per heavy atom. The number of halogens is 1. The molecule has 0 saturated carbocycles. The number of nitrogens with one attached hydrogen (secondary N) is 1. The molecule has 0 aromatic heterocycles. The molecule has 0 radical (unpaired) electrons. The van der Waals surface area contributed by atoms with Gasteiger partial charge in [0.2, 0.25) is 5.91 Å². The molecule has 0 bridgehead atoms. The number of carbonyl (C=O) groups is 2. The Balaban J connectivity index is 1.95. The average Bonchev–Trinajstić information content (AvgIpc) is 2.88. The Bertz CT molecular complexity index is 520. The molecular formula is C14H16ClNO4. The van der Waals surface area contributed by atoms with Gasteiger partial charge < -0.3 is 15.2 Å². The second-order valence-electron chi connectivity index (χ2n) is 4.78. The minimum absolute atomic E-state index is 0.260. The summed E-state index contributed by atoms with van der Waals surface area (Å²) in [5.41, 5.74) is 0.815. The van der Waals surface area contributed by atoms with Gasteiger partial charge in [-0.2, -0.15) is 0 Å². The van der Waals surface area contributed by atoms with Gasteiger partial charge >= 0.3 is 5.97 Å². The number of rotatable bonds is 4. The van der Waals surface area contributed by atoms with Crippen LogP contribution in [0.4, 0.5) is 0 Å². The van der Waals surface area contributed by atoms with Crippen LogP contribution < -0.4 is 5.32 Å². The highest BCUT2D eigenvalue weighted by Crippen LogP contribution is 2.24. The molecule has 1 saturated heterocycles. The first kappa shape index (κ1) is 14.8. The smallest absolute Gasteiger partial charge is 0.332 e. The Labute approximate surface area is 121 Å². The molecular weight excluding hydrogens is 282 g/mol. The quantitative estimate of drug-likeness (QED) is 0.893. The first-order valence-corrected chi connectivity index (χ1v) is 6.80. The van der Waals surface area contributed by atoms with Gasteiger partial charge in [-0.15, -0.1) is 0 Å². The van der Waals surface area contributed by atoms with Crippen LogP contribution in [0, 0.1) is 0 Å². The third kappa shape index (κ3) is 3.29. The number of hydrogen-bond acceptors (Lipinski definition) is 3. The van der Waals surface area contributed by atoms with Crippen molar-refractivity contribution in [2.45, 2.75) is 38.0 Å². The maximum Gasteiger partial charge on any atom is 0.332 e. The van der Waals surface area contributed by atoms with Crippen molar-refractivity contribution in [3.63, 3.8) is 0 Å². The van der Waals surface area contributed by atoms with Crippen molar-refractivity contribution in [3.8, 4) is 0 Å². The van der Waals surface area contributed by atoms with Crippen LogP contribution in [0.2, 0.25) is 5.02 Å². The SMILES string of the molecule is CC(NC(=O)[C@@H]1CC[C@H](C(=O)O)O1)c1ccccc1Cl. The topological polar surface area (TPSA) is 75.6 Å². The van der Waals surface area contributed by atoms with Gasteiger partial charge in [0.25, 0.3) is 0 Å². The van der Waals surface area contributed by atoms with Crippen LogP contribution in [0.3, 0.4) is 0 Å². The molecule has 5 nitrogen and oxygen atoms in total. The van der Waals surface area contributed by atoms with Crippen molar-refractivity contribution in [2.75, 3.05) is 0 Å². The number of carboxylic acid groups (broad SMARTS) is 1. The standard InChI is InChI=1S/C14H16ClNO4/c1-8(9-4-2-3-5-10(9)15)16-13(17)11-6-7-12(20-11)14(18)19/h2-5,8,11-12H,6-7H2,1H3,(H,16,17)(H,18,19)/t8?,11-,12+/m0/s1. The molecule has 1 aliphatic heterocycles. The van der Waals surface area contributed by atoms with Crippen molar-refractivity contribution >= 4 is 23.5 Å². The number of carboxylic acids is 1. The minimum atomic E-state index is -1.03.